The van der Waals surface area contributed by atoms with Crippen molar-refractivity contribution in [1.29, 1.82) is 0 Å². The van der Waals surface area contributed by atoms with Gasteiger partial charge < -0.3 is 10.6 Å². The first-order chi connectivity index (χ1) is 11.6. The Labute approximate surface area is 137 Å². The molecule has 1 aromatic heterocycles. The summed E-state index contributed by atoms with van der Waals surface area (Å²) in [5, 5.41) is 17.2. The fraction of sp³-hybridized carbons (Fsp3) is 0.154. The van der Waals surface area contributed by atoms with Gasteiger partial charge in [0, 0.05) is 30.8 Å². The lowest BCUT2D eigenvalue weighted by molar-refractivity contribution is -0.384. The molecule has 2 rings (SSSR count). The van der Waals surface area contributed by atoms with Crippen LogP contribution in [0.1, 0.15) is 21.7 Å². The van der Waals surface area contributed by atoms with Crippen LogP contribution in [0.5, 0.6) is 0 Å². The Morgan fingerprint density at radius 1 is 1.36 bits per heavy atom. The maximum Gasteiger partial charge on any atom is 0.433 e. The SMILES string of the molecule is Cn1nc(C(=O)O/N=C(\N)c2ccc([N+](=O)[O-])cc2)cc1C(F)(F)F. The van der Waals surface area contributed by atoms with E-state index < -0.39 is 28.5 Å². The number of halogens is 3. The van der Waals surface area contributed by atoms with Gasteiger partial charge in [0.25, 0.3) is 5.69 Å². The molecule has 132 valence electrons. The van der Waals surface area contributed by atoms with E-state index in [1.807, 2.05) is 0 Å². The maximum absolute atomic E-state index is 12.6. The van der Waals surface area contributed by atoms with E-state index in [1.165, 1.54) is 12.1 Å². The molecule has 0 spiro atoms. The van der Waals surface area contributed by atoms with Crippen LogP contribution in [-0.4, -0.2) is 26.5 Å². The number of carbonyl (C=O) groups excluding carboxylic acids is 1. The third kappa shape index (κ3) is 4.10. The standard InChI is InChI=1S/C13H10F3N5O4/c1-20-10(13(14,15)16)6-9(18-20)12(22)25-19-11(17)7-2-4-8(5-3-7)21(23)24/h2-6H,1H3,(H2,17,19). The molecule has 0 aliphatic carbocycles. The molecule has 0 radical (unpaired) electrons. The molecule has 0 aliphatic rings. The van der Waals surface area contributed by atoms with Gasteiger partial charge in [-0.2, -0.15) is 18.3 Å². The molecule has 12 heteroatoms. The number of aromatic nitrogens is 2. The average molecular weight is 357 g/mol. The van der Waals surface area contributed by atoms with E-state index in [1.54, 1.807) is 0 Å². The maximum atomic E-state index is 12.6. The highest BCUT2D eigenvalue weighted by Crippen LogP contribution is 2.29. The predicted octanol–water partition coefficient (Wildman–Crippen LogP) is 1.82. The van der Waals surface area contributed by atoms with E-state index >= 15 is 0 Å². The van der Waals surface area contributed by atoms with Crippen molar-refractivity contribution in [3.8, 4) is 0 Å². The van der Waals surface area contributed by atoms with Crippen LogP contribution < -0.4 is 5.73 Å². The quantitative estimate of drug-likeness (QED) is 0.292. The molecular formula is C13H10F3N5O4. The number of hydrogen-bond acceptors (Lipinski definition) is 6. The molecule has 2 aromatic rings. The lowest BCUT2D eigenvalue weighted by Crippen LogP contribution is -2.15. The summed E-state index contributed by atoms with van der Waals surface area (Å²) in [6.07, 6.45) is -4.68. The Morgan fingerprint density at radius 2 is 1.96 bits per heavy atom. The molecule has 2 N–H and O–H groups in total. The molecule has 0 saturated heterocycles. The lowest BCUT2D eigenvalue weighted by atomic mass is 10.2. The van der Waals surface area contributed by atoms with Crippen molar-refractivity contribution in [1.82, 2.24) is 9.78 Å². The summed E-state index contributed by atoms with van der Waals surface area (Å²) in [4.78, 5) is 26.1. The van der Waals surface area contributed by atoms with Crippen molar-refractivity contribution in [3.05, 3.63) is 57.4 Å². The summed E-state index contributed by atoms with van der Waals surface area (Å²) in [5.41, 5.74) is 3.85. The Bertz CT molecular complexity index is 842. The number of oxime groups is 1. The molecule has 0 atom stereocenters. The van der Waals surface area contributed by atoms with Crippen molar-refractivity contribution in [2.75, 3.05) is 0 Å². The topological polar surface area (TPSA) is 126 Å². The van der Waals surface area contributed by atoms with Crippen molar-refractivity contribution in [2.24, 2.45) is 17.9 Å². The first-order valence-electron chi connectivity index (χ1n) is 6.50. The molecule has 0 fully saturated rings. The van der Waals surface area contributed by atoms with Gasteiger partial charge in [-0.3, -0.25) is 14.8 Å². The van der Waals surface area contributed by atoms with Crippen LogP contribution in [0.3, 0.4) is 0 Å². The second kappa shape index (κ2) is 6.59. The van der Waals surface area contributed by atoms with Gasteiger partial charge in [0.1, 0.15) is 5.69 Å². The second-order valence-electron chi connectivity index (χ2n) is 4.70. The summed E-state index contributed by atoms with van der Waals surface area (Å²) in [5.74, 6) is -1.54. The number of aryl methyl sites for hydroxylation is 1. The van der Waals surface area contributed by atoms with E-state index in [0.717, 1.165) is 19.2 Å². The monoisotopic (exact) mass is 357 g/mol. The van der Waals surface area contributed by atoms with Gasteiger partial charge in [-0.25, -0.2) is 4.79 Å². The summed E-state index contributed by atoms with van der Waals surface area (Å²) in [7, 11) is 1.02. The number of non-ortho nitro benzene ring substituents is 1. The van der Waals surface area contributed by atoms with E-state index in [0.29, 0.717) is 10.7 Å². The van der Waals surface area contributed by atoms with Crippen molar-refractivity contribution in [2.45, 2.75) is 6.18 Å². The lowest BCUT2D eigenvalue weighted by Gasteiger charge is -2.04. The van der Waals surface area contributed by atoms with Crippen LogP contribution in [0.15, 0.2) is 35.5 Å². The van der Waals surface area contributed by atoms with Crippen LogP contribution in [0.2, 0.25) is 0 Å². The third-order valence-electron chi connectivity index (χ3n) is 2.98. The van der Waals surface area contributed by atoms with Crippen LogP contribution in [0, 0.1) is 10.1 Å². The van der Waals surface area contributed by atoms with Gasteiger partial charge in [0.2, 0.25) is 0 Å². The van der Waals surface area contributed by atoms with E-state index in [2.05, 4.69) is 15.1 Å². The first kappa shape index (κ1) is 17.9. The van der Waals surface area contributed by atoms with Gasteiger partial charge in [-0.1, -0.05) is 5.16 Å². The van der Waals surface area contributed by atoms with E-state index in [4.69, 9.17) is 5.73 Å². The highest BCUT2D eigenvalue weighted by molar-refractivity contribution is 5.98. The van der Waals surface area contributed by atoms with Gasteiger partial charge in [0.15, 0.2) is 11.5 Å². The minimum absolute atomic E-state index is 0.179. The van der Waals surface area contributed by atoms with Crippen molar-refractivity contribution < 1.29 is 27.7 Å². The highest BCUT2D eigenvalue weighted by atomic mass is 19.4. The molecule has 0 saturated carbocycles. The second-order valence-corrected chi connectivity index (χ2v) is 4.70. The van der Waals surface area contributed by atoms with Crippen LogP contribution >= 0.6 is 0 Å². The Kier molecular flexibility index (Phi) is 4.72. The number of hydrogen-bond donors (Lipinski definition) is 1. The van der Waals surface area contributed by atoms with E-state index in [-0.39, 0.29) is 17.1 Å². The van der Waals surface area contributed by atoms with Crippen molar-refractivity contribution >= 4 is 17.5 Å². The Balaban J connectivity index is 2.12. The number of amidine groups is 1. The number of alkyl halides is 3. The smallest absolute Gasteiger partial charge is 0.380 e. The summed E-state index contributed by atoms with van der Waals surface area (Å²) >= 11 is 0. The molecule has 25 heavy (non-hydrogen) atoms. The number of nitro benzene ring substituents is 1. The average Bonchev–Trinajstić information content (AvgIpc) is 2.94. The van der Waals surface area contributed by atoms with E-state index in [9.17, 15) is 28.1 Å². The number of carbonyl (C=O) groups is 1. The zero-order valence-corrected chi connectivity index (χ0v) is 12.5. The molecule has 1 heterocycles. The molecule has 0 bridgehead atoms. The number of rotatable bonds is 4. The normalized spacial score (nSPS) is 12.1. The predicted molar refractivity (Wildman–Crippen MR) is 77.4 cm³/mol. The number of nitrogens with two attached hydrogens (primary N) is 1. The minimum atomic E-state index is -4.68. The zero-order valence-electron chi connectivity index (χ0n) is 12.5. The third-order valence-corrected chi connectivity index (χ3v) is 2.98. The fourth-order valence-corrected chi connectivity index (χ4v) is 1.78. The molecule has 0 unspecified atom stereocenters. The van der Waals surface area contributed by atoms with Crippen LogP contribution in [0.4, 0.5) is 18.9 Å². The zero-order chi connectivity index (χ0) is 18.8. The molecular weight excluding hydrogens is 347 g/mol. The molecule has 1 aromatic carbocycles. The van der Waals surface area contributed by atoms with Gasteiger partial charge in [-0.05, 0) is 12.1 Å². The number of nitro groups is 1. The van der Waals surface area contributed by atoms with Gasteiger partial charge in [0.05, 0.1) is 4.92 Å². The summed E-state index contributed by atoms with van der Waals surface area (Å²) < 4.78 is 38.4. The number of nitrogens with zero attached hydrogens (tertiary/aromatic N) is 4. The molecule has 0 amide bonds. The Morgan fingerprint density at radius 3 is 2.44 bits per heavy atom. The van der Waals surface area contributed by atoms with Crippen LogP contribution in [-0.2, 0) is 18.1 Å². The largest absolute Gasteiger partial charge is 0.433 e. The highest BCUT2D eigenvalue weighted by Gasteiger charge is 2.36. The fourth-order valence-electron chi connectivity index (χ4n) is 1.78. The summed E-state index contributed by atoms with van der Waals surface area (Å²) in [6.45, 7) is 0. The summed E-state index contributed by atoms with van der Waals surface area (Å²) in [6, 6.07) is 5.38. The van der Waals surface area contributed by atoms with Gasteiger partial charge >= 0.3 is 12.1 Å². The van der Waals surface area contributed by atoms with Crippen LogP contribution in [0.25, 0.3) is 0 Å². The molecule has 9 nitrogen and oxygen atoms in total. The first-order valence-corrected chi connectivity index (χ1v) is 6.50. The number of benzene rings is 1. The van der Waals surface area contributed by atoms with Crippen molar-refractivity contribution in [3.63, 3.8) is 0 Å². The molecule has 0 aliphatic heterocycles. The van der Waals surface area contributed by atoms with Gasteiger partial charge in [-0.15, -0.1) is 0 Å². The minimum Gasteiger partial charge on any atom is -0.380 e. The Hall–Kier alpha value is -3.44.